The van der Waals surface area contributed by atoms with Gasteiger partial charge in [0.2, 0.25) is 0 Å². The first-order valence-electron chi connectivity index (χ1n) is 7.59. The van der Waals surface area contributed by atoms with E-state index in [0.29, 0.717) is 39.5 Å². The fourth-order valence-corrected chi connectivity index (χ4v) is 3.64. The maximum atomic E-state index is 12.7. The molecule has 0 saturated carbocycles. The molecule has 0 aliphatic heterocycles. The van der Waals surface area contributed by atoms with Crippen LogP contribution in [0.3, 0.4) is 0 Å². The van der Waals surface area contributed by atoms with Crippen LogP contribution in [0.4, 0.5) is 0 Å². The SMILES string of the molecule is CCCN(CCOc1c(Cl)cc(Cl)cc1Cl)C(=O)c1cncc(I)c1. The van der Waals surface area contributed by atoms with Gasteiger partial charge in [0.1, 0.15) is 6.61 Å². The summed E-state index contributed by atoms with van der Waals surface area (Å²) in [5, 5.41) is 1.12. The topological polar surface area (TPSA) is 42.4 Å². The molecule has 0 N–H and O–H groups in total. The van der Waals surface area contributed by atoms with E-state index < -0.39 is 0 Å². The van der Waals surface area contributed by atoms with Gasteiger partial charge in [0.25, 0.3) is 5.91 Å². The standard InChI is InChI=1S/C17H16Cl3IN2O2/c1-2-3-23(17(24)11-6-13(21)10-22-9-11)4-5-25-16-14(19)7-12(18)8-15(16)20/h6-10H,2-5H2,1H3. The zero-order valence-corrected chi connectivity index (χ0v) is 17.9. The van der Waals surface area contributed by atoms with E-state index in [4.69, 9.17) is 39.5 Å². The Kier molecular flexibility index (Phi) is 8.06. The first-order valence-corrected chi connectivity index (χ1v) is 9.80. The lowest BCUT2D eigenvalue weighted by molar-refractivity contribution is 0.0729. The Morgan fingerprint density at radius 1 is 1.16 bits per heavy atom. The molecule has 1 amide bonds. The number of carbonyl (C=O) groups excluding carboxylic acids is 1. The summed E-state index contributed by atoms with van der Waals surface area (Å²) in [7, 11) is 0. The molecule has 0 aliphatic rings. The van der Waals surface area contributed by atoms with Crippen molar-refractivity contribution in [3.05, 3.63) is 54.8 Å². The van der Waals surface area contributed by atoms with Crippen LogP contribution >= 0.6 is 57.4 Å². The second-order valence-corrected chi connectivity index (χ2v) is 7.73. The number of hydrogen-bond acceptors (Lipinski definition) is 3. The third-order valence-electron chi connectivity index (χ3n) is 3.30. The van der Waals surface area contributed by atoms with Crippen LogP contribution in [-0.2, 0) is 0 Å². The summed E-state index contributed by atoms with van der Waals surface area (Å²) in [6, 6.07) is 4.94. The fraction of sp³-hybridized carbons (Fsp3) is 0.294. The highest BCUT2D eigenvalue weighted by molar-refractivity contribution is 14.1. The van der Waals surface area contributed by atoms with Crippen LogP contribution < -0.4 is 4.74 Å². The molecular weight excluding hydrogens is 497 g/mol. The molecule has 4 nitrogen and oxygen atoms in total. The van der Waals surface area contributed by atoms with Crippen molar-refractivity contribution >= 4 is 63.3 Å². The predicted octanol–water partition coefficient (Wildman–Crippen LogP) is 5.58. The maximum absolute atomic E-state index is 12.7. The largest absolute Gasteiger partial charge is 0.489 e. The molecule has 0 spiro atoms. The molecule has 0 bridgehead atoms. The lowest BCUT2D eigenvalue weighted by Gasteiger charge is -2.22. The number of aromatic nitrogens is 1. The molecule has 0 radical (unpaired) electrons. The Bertz CT molecular complexity index is 735. The Morgan fingerprint density at radius 3 is 2.44 bits per heavy atom. The Labute approximate surface area is 175 Å². The highest BCUT2D eigenvalue weighted by atomic mass is 127. The summed E-state index contributed by atoms with van der Waals surface area (Å²) in [5.41, 5.74) is 0.558. The van der Waals surface area contributed by atoms with E-state index in [-0.39, 0.29) is 12.5 Å². The third kappa shape index (κ3) is 5.88. The van der Waals surface area contributed by atoms with Crippen LogP contribution in [0, 0.1) is 3.57 Å². The van der Waals surface area contributed by atoms with Crippen LogP contribution in [0.5, 0.6) is 5.75 Å². The van der Waals surface area contributed by atoms with Gasteiger partial charge in [-0.2, -0.15) is 0 Å². The molecule has 1 heterocycles. The van der Waals surface area contributed by atoms with E-state index in [1.54, 1.807) is 29.4 Å². The first-order chi connectivity index (χ1) is 11.9. The van der Waals surface area contributed by atoms with E-state index in [2.05, 4.69) is 27.6 Å². The van der Waals surface area contributed by atoms with Crippen molar-refractivity contribution in [2.45, 2.75) is 13.3 Å². The van der Waals surface area contributed by atoms with E-state index in [1.807, 2.05) is 13.0 Å². The number of halogens is 4. The molecule has 0 fully saturated rings. The monoisotopic (exact) mass is 512 g/mol. The van der Waals surface area contributed by atoms with Gasteiger partial charge in [0.05, 0.1) is 22.2 Å². The van der Waals surface area contributed by atoms with Crippen molar-refractivity contribution in [1.82, 2.24) is 9.88 Å². The van der Waals surface area contributed by atoms with E-state index >= 15 is 0 Å². The Balaban J connectivity index is 2.04. The molecule has 8 heteroatoms. The molecule has 0 atom stereocenters. The van der Waals surface area contributed by atoms with Gasteiger partial charge in [-0.05, 0) is 47.2 Å². The molecule has 2 aromatic rings. The average Bonchev–Trinajstić information content (AvgIpc) is 2.55. The lowest BCUT2D eigenvalue weighted by atomic mass is 10.2. The van der Waals surface area contributed by atoms with Crippen molar-refractivity contribution in [2.24, 2.45) is 0 Å². The minimum Gasteiger partial charge on any atom is -0.489 e. The highest BCUT2D eigenvalue weighted by Crippen LogP contribution is 2.35. The van der Waals surface area contributed by atoms with Gasteiger partial charge in [-0.3, -0.25) is 9.78 Å². The Morgan fingerprint density at radius 2 is 1.84 bits per heavy atom. The van der Waals surface area contributed by atoms with Crippen LogP contribution in [-0.4, -0.2) is 35.5 Å². The van der Waals surface area contributed by atoms with Gasteiger partial charge in [0, 0.05) is 27.5 Å². The van der Waals surface area contributed by atoms with E-state index in [1.165, 1.54) is 0 Å². The predicted molar refractivity (Wildman–Crippen MR) is 110 cm³/mol. The van der Waals surface area contributed by atoms with Gasteiger partial charge in [0.15, 0.2) is 5.75 Å². The molecule has 0 saturated heterocycles. The number of ether oxygens (including phenoxy) is 1. The van der Waals surface area contributed by atoms with Gasteiger partial charge in [-0.1, -0.05) is 41.7 Å². The number of hydrogen-bond donors (Lipinski definition) is 0. The maximum Gasteiger partial charge on any atom is 0.255 e. The molecule has 134 valence electrons. The van der Waals surface area contributed by atoms with E-state index in [9.17, 15) is 4.79 Å². The molecule has 25 heavy (non-hydrogen) atoms. The minimum absolute atomic E-state index is 0.0789. The lowest BCUT2D eigenvalue weighted by Crippen LogP contribution is -2.35. The number of amides is 1. The molecule has 1 aromatic carbocycles. The van der Waals surface area contributed by atoms with Crippen LogP contribution in [0.15, 0.2) is 30.6 Å². The van der Waals surface area contributed by atoms with Gasteiger partial charge in [-0.15, -0.1) is 0 Å². The molecule has 0 unspecified atom stereocenters. The molecule has 0 aliphatic carbocycles. The Hall–Kier alpha value is -0.760. The first kappa shape index (κ1) is 20.6. The number of benzene rings is 1. The summed E-state index contributed by atoms with van der Waals surface area (Å²) < 4.78 is 6.59. The van der Waals surface area contributed by atoms with E-state index in [0.717, 1.165) is 9.99 Å². The zero-order valence-electron chi connectivity index (χ0n) is 13.4. The van der Waals surface area contributed by atoms with Crippen LogP contribution in [0.25, 0.3) is 0 Å². The van der Waals surface area contributed by atoms with Crippen molar-refractivity contribution in [1.29, 1.82) is 0 Å². The number of rotatable bonds is 7. The second-order valence-electron chi connectivity index (χ2n) is 5.23. The third-order valence-corrected chi connectivity index (χ3v) is 4.67. The summed E-state index contributed by atoms with van der Waals surface area (Å²) in [6.45, 7) is 3.31. The normalized spacial score (nSPS) is 10.6. The van der Waals surface area contributed by atoms with Gasteiger partial charge >= 0.3 is 0 Å². The minimum atomic E-state index is -0.0789. The number of nitrogens with zero attached hydrogens (tertiary/aromatic N) is 2. The molecule has 1 aromatic heterocycles. The van der Waals surface area contributed by atoms with Crippen molar-refractivity contribution in [2.75, 3.05) is 19.7 Å². The number of carbonyl (C=O) groups is 1. The molecular formula is C17H16Cl3IN2O2. The summed E-state index contributed by atoms with van der Waals surface area (Å²) in [6.07, 6.45) is 4.11. The van der Waals surface area contributed by atoms with Gasteiger partial charge < -0.3 is 9.64 Å². The number of pyridine rings is 1. The second kappa shape index (κ2) is 9.80. The fourth-order valence-electron chi connectivity index (χ4n) is 2.22. The van der Waals surface area contributed by atoms with Crippen molar-refractivity contribution < 1.29 is 9.53 Å². The highest BCUT2D eigenvalue weighted by Gasteiger charge is 2.17. The summed E-state index contributed by atoms with van der Waals surface area (Å²) in [5.74, 6) is 0.289. The summed E-state index contributed by atoms with van der Waals surface area (Å²) >= 11 is 20.2. The smallest absolute Gasteiger partial charge is 0.255 e. The molecule has 2 rings (SSSR count). The quantitative estimate of drug-likeness (QED) is 0.454. The zero-order chi connectivity index (χ0) is 18.4. The summed E-state index contributed by atoms with van der Waals surface area (Å²) in [4.78, 5) is 18.5. The average molecular weight is 514 g/mol. The van der Waals surface area contributed by atoms with Crippen LogP contribution in [0.1, 0.15) is 23.7 Å². The van der Waals surface area contributed by atoms with Gasteiger partial charge in [-0.25, -0.2) is 0 Å². The van der Waals surface area contributed by atoms with Crippen molar-refractivity contribution in [3.63, 3.8) is 0 Å². The van der Waals surface area contributed by atoms with Crippen molar-refractivity contribution in [3.8, 4) is 5.75 Å². The van der Waals surface area contributed by atoms with Crippen LogP contribution in [0.2, 0.25) is 15.1 Å².